The van der Waals surface area contributed by atoms with Gasteiger partial charge >= 0.3 is 0 Å². The molecule has 1 atom stereocenters. The van der Waals surface area contributed by atoms with Crippen LogP contribution in [0.1, 0.15) is 44.0 Å². The Hall–Kier alpha value is -0.940. The molecule has 0 saturated carbocycles. The number of rotatable bonds is 5. The SMILES string of the molecule is CCCNCc1nc(C2CCCO2)no1. The van der Waals surface area contributed by atoms with Gasteiger partial charge in [-0.25, -0.2) is 0 Å². The van der Waals surface area contributed by atoms with E-state index in [9.17, 15) is 0 Å². The highest BCUT2D eigenvalue weighted by atomic mass is 16.5. The summed E-state index contributed by atoms with van der Waals surface area (Å²) in [5.74, 6) is 1.34. The van der Waals surface area contributed by atoms with Gasteiger partial charge in [-0.15, -0.1) is 0 Å². The Bertz CT molecular complexity index is 295. The Labute approximate surface area is 89.2 Å². The van der Waals surface area contributed by atoms with E-state index in [1.165, 1.54) is 0 Å². The van der Waals surface area contributed by atoms with Gasteiger partial charge in [-0.2, -0.15) is 4.98 Å². The second-order valence-electron chi connectivity index (χ2n) is 3.72. The Morgan fingerprint density at radius 1 is 1.53 bits per heavy atom. The lowest BCUT2D eigenvalue weighted by Gasteiger charge is -2.00. The van der Waals surface area contributed by atoms with Crippen LogP contribution in [0.15, 0.2) is 4.52 Å². The lowest BCUT2D eigenvalue weighted by Crippen LogP contribution is -2.14. The average Bonchev–Trinajstić information content (AvgIpc) is 2.87. The zero-order valence-electron chi connectivity index (χ0n) is 9.03. The van der Waals surface area contributed by atoms with Crippen molar-refractivity contribution in [3.63, 3.8) is 0 Å². The molecule has 5 nitrogen and oxygen atoms in total. The fourth-order valence-electron chi connectivity index (χ4n) is 1.62. The summed E-state index contributed by atoms with van der Waals surface area (Å²) in [6.07, 6.45) is 3.24. The fraction of sp³-hybridized carbons (Fsp3) is 0.800. The molecule has 5 heteroatoms. The van der Waals surface area contributed by atoms with Gasteiger partial charge in [-0.05, 0) is 25.8 Å². The maximum Gasteiger partial charge on any atom is 0.240 e. The molecule has 0 aromatic carbocycles. The molecule has 2 heterocycles. The first-order valence-electron chi connectivity index (χ1n) is 5.55. The molecule has 0 spiro atoms. The molecule has 1 fully saturated rings. The van der Waals surface area contributed by atoms with Gasteiger partial charge in [0.05, 0.1) is 6.54 Å². The van der Waals surface area contributed by atoms with Gasteiger partial charge in [0.1, 0.15) is 6.10 Å². The van der Waals surface area contributed by atoms with Crippen LogP contribution in [0, 0.1) is 0 Å². The molecule has 15 heavy (non-hydrogen) atoms. The van der Waals surface area contributed by atoms with Crippen molar-refractivity contribution < 1.29 is 9.26 Å². The second kappa shape index (κ2) is 5.23. The minimum absolute atomic E-state index is 0.0497. The summed E-state index contributed by atoms with van der Waals surface area (Å²) in [7, 11) is 0. The van der Waals surface area contributed by atoms with Crippen molar-refractivity contribution in [2.45, 2.75) is 38.8 Å². The molecule has 0 amide bonds. The highest BCUT2D eigenvalue weighted by Crippen LogP contribution is 2.25. The lowest BCUT2D eigenvalue weighted by atomic mass is 10.2. The van der Waals surface area contributed by atoms with Crippen molar-refractivity contribution in [1.29, 1.82) is 0 Å². The molecule has 1 N–H and O–H groups in total. The second-order valence-corrected chi connectivity index (χ2v) is 3.72. The highest BCUT2D eigenvalue weighted by molar-refractivity contribution is 4.92. The minimum Gasteiger partial charge on any atom is -0.370 e. The van der Waals surface area contributed by atoms with Crippen molar-refractivity contribution in [1.82, 2.24) is 15.5 Å². The molecule has 84 valence electrons. The number of nitrogens with zero attached hydrogens (tertiary/aromatic N) is 2. The molecule has 1 aromatic rings. The Morgan fingerprint density at radius 2 is 2.47 bits per heavy atom. The van der Waals surface area contributed by atoms with Gasteiger partial charge in [-0.1, -0.05) is 12.1 Å². The Kier molecular flexibility index (Phi) is 3.69. The highest BCUT2D eigenvalue weighted by Gasteiger charge is 2.22. The van der Waals surface area contributed by atoms with E-state index in [1.54, 1.807) is 0 Å². The van der Waals surface area contributed by atoms with Gasteiger partial charge < -0.3 is 14.6 Å². The van der Waals surface area contributed by atoms with Crippen LogP contribution in [0.2, 0.25) is 0 Å². The maximum atomic E-state index is 5.47. The first-order chi connectivity index (χ1) is 7.40. The van der Waals surface area contributed by atoms with Crippen molar-refractivity contribution in [2.24, 2.45) is 0 Å². The van der Waals surface area contributed by atoms with Crippen LogP contribution in [0.25, 0.3) is 0 Å². The molecule has 0 radical (unpaired) electrons. The maximum absolute atomic E-state index is 5.47. The summed E-state index contributed by atoms with van der Waals surface area (Å²) < 4.78 is 10.6. The van der Waals surface area contributed by atoms with Gasteiger partial charge in [0, 0.05) is 6.61 Å². The average molecular weight is 211 g/mol. The number of hydrogen-bond acceptors (Lipinski definition) is 5. The zero-order chi connectivity index (χ0) is 10.5. The molecular weight excluding hydrogens is 194 g/mol. The molecule has 2 rings (SSSR count). The first-order valence-corrected chi connectivity index (χ1v) is 5.55. The van der Waals surface area contributed by atoms with Crippen LogP contribution in [0.4, 0.5) is 0 Å². The smallest absolute Gasteiger partial charge is 0.240 e. The summed E-state index contributed by atoms with van der Waals surface area (Å²) in [6.45, 7) is 4.55. The molecule has 0 bridgehead atoms. The summed E-state index contributed by atoms with van der Waals surface area (Å²) in [4.78, 5) is 4.30. The third-order valence-corrected chi connectivity index (χ3v) is 2.40. The topological polar surface area (TPSA) is 60.2 Å². The van der Waals surface area contributed by atoms with Gasteiger partial charge in [-0.3, -0.25) is 0 Å². The monoisotopic (exact) mass is 211 g/mol. The van der Waals surface area contributed by atoms with E-state index in [1.807, 2.05) is 0 Å². The van der Waals surface area contributed by atoms with Crippen LogP contribution in [0.3, 0.4) is 0 Å². The largest absolute Gasteiger partial charge is 0.370 e. The molecule has 0 aliphatic carbocycles. The first kappa shape index (κ1) is 10.6. The van der Waals surface area contributed by atoms with E-state index in [0.717, 1.165) is 32.4 Å². The van der Waals surface area contributed by atoms with Gasteiger partial charge in [0.15, 0.2) is 0 Å². The zero-order valence-corrected chi connectivity index (χ0v) is 9.03. The van der Waals surface area contributed by atoms with Crippen molar-refractivity contribution in [3.8, 4) is 0 Å². The lowest BCUT2D eigenvalue weighted by molar-refractivity contribution is 0.103. The summed E-state index contributed by atoms with van der Waals surface area (Å²) in [6, 6.07) is 0. The van der Waals surface area contributed by atoms with Gasteiger partial charge in [0.2, 0.25) is 11.7 Å². The van der Waals surface area contributed by atoms with Crippen molar-refractivity contribution >= 4 is 0 Å². The predicted octanol–water partition coefficient (Wildman–Crippen LogP) is 1.42. The number of ether oxygens (including phenoxy) is 1. The molecule has 1 saturated heterocycles. The van der Waals surface area contributed by atoms with Crippen LogP contribution >= 0.6 is 0 Å². The number of hydrogen-bond donors (Lipinski definition) is 1. The van der Waals surface area contributed by atoms with E-state index < -0.39 is 0 Å². The van der Waals surface area contributed by atoms with Crippen LogP contribution < -0.4 is 5.32 Å². The molecular formula is C10H17N3O2. The minimum atomic E-state index is 0.0497. The predicted molar refractivity (Wildman–Crippen MR) is 54.2 cm³/mol. The quantitative estimate of drug-likeness (QED) is 0.746. The van der Waals surface area contributed by atoms with Crippen molar-refractivity contribution in [3.05, 3.63) is 11.7 Å². The third-order valence-electron chi connectivity index (χ3n) is 2.40. The number of nitrogens with one attached hydrogen (secondary N) is 1. The van der Waals surface area contributed by atoms with Crippen molar-refractivity contribution in [2.75, 3.05) is 13.2 Å². The summed E-state index contributed by atoms with van der Waals surface area (Å²) in [5.41, 5.74) is 0. The Morgan fingerprint density at radius 3 is 3.20 bits per heavy atom. The third kappa shape index (κ3) is 2.76. The summed E-state index contributed by atoms with van der Waals surface area (Å²) >= 11 is 0. The molecule has 1 aliphatic rings. The molecule has 1 aromatic heterocycles. The normalized spacial score (nSPS) is 21.0. The molecule has 1 aliphatic heterocycles. The van der Waals surface area contributed by atoms with Gasteiger partial charge in [0.25, 0.3) is 0 Å². The van der Waals surface area contributed by atoms with Crippen LogP contribution in [0.5, 0.6) is 0 Å². The van der Waals surface area contributed by atoms with E-state index in [4.69, 9.17) is 9.26 Å². The van der Waals surface area contributed by atoms with Crippen LogP contribution in [-0.2, 0) is 11.3 Å². The molecule has 1 unspecified atom stereocenters. The van der Waals surface area contributed by atoms with E-state index in [2.05, 4.69) is 22.4 Å². The van der Waals surface area contributed by atoms with Crippen LogP contribution in [-0.4, -0.2) is 23.3 Å². The Balaban J connectivity index is 1.86. The summed E-state index contributed by atoms with van der Waals surface area (Å²) in [5, 5.41) is 7.14. The van der Waals surface area contributed by atoms with E-state index >= 15 is 0 Å². The number of aromatic nitrogens is 2. The standard InChI is InChI=1S/C10H17N3O2/c1-2-5-11-7-9-12-10(13-15-9)8-4-3-6-14-8/h8,11H,2-7H2,1H3. The van der Waals surface area contributed by atoms with E-state index in [0.29, 0.717) is 18.3 Å². The van der Waals surface area contributed by atoms with E-state index in [-0.39, 0.29) is 6.10 Å². The fourth-order valence-corrected chi connectivity index (χ4v) is 1.62.